The van der Waals surface area contributed by atoms with Gasteiger partial charge in [0.2, 0.25) is 0 Å². The molecule has 1 aromatic heterocycles. The number of carbonyl (C=O) groups is 2. The predicted molar refractivity (Wildman–Crippen MR) is 116 cm³/mol. The van der Waals surface area contributed by atoms with E-state index in [9.17, 15) is 9.59 Å². The van der Waals surface area contributed by atoms with Gasteiger partial charge in [-0.3, -0.25) is 4.79 Å². The molecule has 5 heteroatoms. The summed E-state index contributed by atoms with van der Waals surface area (Å²) in [7, 11) is 1.35. The first kappa shape index (κ1) is 19.3. The molecule has 4 rings (SSSR count). The lowest BCUT2D eigenvalue weighted by molar-refractivity contribution is 0.0600. The average molecular weight is 396 g/mol. The number of amides is 1. The van der Waals surface area contributed by atoms with Crippen molar-refractivity contribution in [1.29, 1.82) is 0 Å². The molecule has 0 atom stereocenters. The highest BCUT2D eigenvalue weighted by Crippen LogP contribution is 2.24. The van der Waals surface area contributed by atoms with E-state index in [4.69, 9.17) is 9.72 Å². The third-order valence-electron chi connectivity index (χ3n) is 4.86. The third kappa shape index (κ3) is 4.05. The van der Waals surface area contributed by atoms with Crippen LogP contribution in [0.15, 0.2) is 84.9 Å². The lowest BCUT2D eigenvalue weighted by atomic mass is 10.0. The van der Waals surface area contributed by atoms with E-state index in [1.54, 1.807) is 24.3 Å². The van der Waals surface area contributed by atoms with Crippen LogP contribution in [-0.4, -0.2) is 24.0 Å². The molecule has 0 fully saturated rings. The molecule has 0 aliphatic carbocycles. The molecule has 0 bridgehead atoms. The van der Waals surface area contributed by atoms with Crippen LogP contribution < -0.4 is 5.32 Å². The van der Waals surface area contributed by atoms with Gasteiger partial charge in [0.15, 0.2) is 0 Å². The molecule has 1 amide bonds. The number of benzene rings is 3. The van der Waals surface area contributed by atoms with Gasteiger partial charge in [-0.25, -0.2) is 9.78 Å². The van der Waals surface area contributed by atoms with Gasteiger partial charge in [-0.05, 0) is 29.8 Å². The van der Waals surface area contributed by atoms with E-state index in [0.29, 0.717) is 17.7 Å². The second-order valence-corrected chi connectivity index (χ2v) is 6.81. The standard InChI is InChI=1S/C25H20N2O3/c1-30-25(29)19-13-11-17(12-14-19)16-26-24(28)21-15-23(18-7-3-2-4-8-18)27-22-10-6-5-9-20(21)22/h2-15H,16H2,1H3,(H,26,28). The molecule has 0 aliphatic heterocycles. The fraction of sp³-hybridized carbons (Fsp3) is 0.0800. The van der Waals surface area contributed by atoms with Gasteiger partial charge >= 0.3 is 5.97 Å². The summed E-state index contributed by atoms with van der Waals surface area (Å²) in [6, 6.07) is 26.2. The van der Waals surface area contributed by atoms with Gasteiger partial charge in [0.05, 0.1) is 29.4 Å². The summed E-state index contributed by atoms with van der Waals surface area (Å²) in [5, 5.41) is 3.77. The topological polar surface area (TPSA) is 68.3 Å². The summed E-state index contributed by atoms with van der Waals surface area (Å²) in [6.07, 6.45) is 0. The van der Waals surface area contributed by atoms with Crippen LogP contribution in [0.2, 0.25) is 0 Å². The molecule has 0 unspecified atom stereocenters. The van der Waals surface area contributed by atoms with Crippen LogP contribution in [0.1, 0.15) is 26.3 Å². The number of ether oxygens (including phenoxy) is 1. The van der Waals surface area contributed by atoms with Crippen molar-refractivity contribution in [2.45, 2.75) is 6.54 Å². The number of carbonyl (C=O) groups excluding carboxylic acids is 2. The van der Waals surface area contributed by atoms with E-state index in [-0.39, 0.29) is 11.9 Å². The molecule has 0 aliphatic rings. The van der Waals surface area contributed by atoms with Crippen molar-refractivity contribution in [3.05, 3.63) is 102 Å². The molecule has 0 saturated heterocycles. The zero-order chi connectivity index (χ0) is 20.9. The smallest absolute Gasteiger partial charge is 0.337 e. The third-order valence-corrected chi connectivity index (χ3v) is 4.86. The molecule has 3 aromatic carbocycles. The highest BCUT2D eigenvalue weighted by atomic mass is 16.5. The van der Waals surface area contributed by atoms with Crippen molar-refractivity contribution in [1.82, 2.24) is 10.3 Å². The fourth-order valence-electron chi connectivity index (χ4n) is 3.27. The minimum atomic E-state index is -0.387. The van der Waals surface area contributed by atoms with Crippen molar-refractivity contribution >= 4 is 22.8 Å². The van der Waals surface area contributed by atoms with Crippen molar-refractivity contribution in [3.8, 4) is 11.3 Å². The maximum atomic E-state index is 13.0. The Morgan fingerprint density at radius 2 is 1.60 bits per heavy atom. The minimum Gasteiger partial charge on any atom is -0.465 e. The second kappa shape index (κ2) is 8.57. The van der Waals surface area contributed by atoms with Gasteiger partial charge in [-0.15, -0.1) is 0 Å². The summed E-state index contributed by atoms with van der Waals surface area (Å²) in [5.74, 6) is -0.565. The molecule has 4 aromatic rings. The van der Waals surface area contributed by atoms with Crippen molar-refractivity contribution in [2.24, 2.45) is 0 Å². The van der Waals surface area contributed by atoms with E-state index in [2.05, 4.69) is 5.32 Å². The number of aromatic nitrogens is 1. The number of pyridine rings is 1. The molecule has 0 spiro atoms. The van der Waals surface area contributed by atoms with E-state index < -0.39 is 0 Å². The fourth-order valence-corrected chi connectivity index (χ4v) is 3.27. The number of rotatable bonds is 5. The molecule has 5 nitrogen and oxygen atoms in total. The maximum Gasteiger partial charge on any atom is 0.337 e. The Labute approximate surface area is 174 Å². The van der Waals surface area contributed by atoms with Crippen LogP contribution >= 0.6 is 0 Å². The highest BCUT2D eigenvalue weighted by Gasteiger charge is 2.14. The zero-order valence-electron chi connectivity index (χ0n) is 16.5. The zero-order valence-corrected chi connectivity index (χ0v) is 16.5. The lowest BCUT2D eigenvalue weighted by Crippen LogP contribution is -2.23. The Kier molecular flexibility index (Phi) is 5.52. The molecule has 148 valence electrons. The van der Waals surface area contributed by atoms with Gasteiger partial charge < -0.3 is 10.1 Å². The molecule has 1 heterocycles. The number of hydrogen-bond donors (Lipinski definition) is 1. The molecule has 30 heavy (non-hydrogen) atoms. The monoisotopic (exact) mass is 396 g/mol. The number of hydrogen-bond acceptors (Lipinski definition) is 4. The Balaban J connectivity index is 1.60. The normalized spacial score (nSPS) is 10.6. The first-order valence-corrected chi connectivity index (χ1v) is 9.56. The number of para-hydroxylation sites is 1. The molecular formula is C25H20N2O3. The minimum absolute atomic E-state index is 0.178. The van der Waals surface area contributed by atoms with Gasteiger partial charge in [-0.2, -0.15) is 0 Å². The second-order valence-electron chi connectivity index (χ2n) is 6.81. The Bertz CT molecular complexity index is 1200. The van der Waals surface area contributed by atoms with E-state index >= 15 is 0 Å². The molecule has 0 saturated carbocycles. The van der Waals surface area contributed by atoms with Crippen LogP contribution in [0.3, 0.4) is 0 Å². The van der Waals surface area contributed by atoms with Gasteiger partial charge in [-0.1, -0.05) is 60.7 Å². The molecule has 1 N–H and O–H groups in total. The van der Waals surface area contributed by atoms with Gasteiger partial charge in [0.25, 0.3) is 5.91 Å². The van der Waals surface area contributed by atoms with Crippen LogP contribution in [-0.2, 0) is 11.3 Å². The van der Waals surface area contributed by atoms with Crippen molar-refractivity contribution in [2.75, 3.05) is 7.11 Å². The van der Waals surface area contributed by atoms with E-state index in [1.165, 1.54) is 7.11 Å². The quantitative estimate of drug-likeness (QED) is 0.500. The average Bonchev–Trinajstić information content (AvgIpc) is 2.82. The summed E-state index contributed by atoms with van der Waals surface area (Å²) in [5.41, 5.74) is 4.41. The van der Waals surface area contributed by atoms with Crippen LogP contribution in [0.5, 0.6) is 0 Å². The summed E-state index contributed by atoms with van der Waals surface area (Å²) < 4.78 is 4.71. The van der Waals surface area contributed by atoms with Gasteiger partial charge in [0.1, 0.15) is 0 Å². The number of methoxy groups -OCH3 is 1. The molecule has 0 radical (unpaired) electrons. The first-order chi connectivity index (χ1) is 14.7. The van der Waals surface area contributed by atoms with E-state index in [1.807, 2.05) is 60.7 Å². The van der Waals surface area contributed by atoms with Crippen LogP contribution in [0.4, 0.5) is 0 Å². The largest absolute Gasteiger partial charge is 0.465 e. The molecular weight excluding hydrogens is 376 g/mol. The highest BCUT2D eigenvalue weighted by molar-refractivity contribution is 6.07. The van der Waals surface area contributed by atoms with Gasteiger partial charge in [0, 0.05) is 17.5 Å². The number of fused-ring (bicyclic) bond motifs is 1. The SMILES string of the molecule is COC(=O)c1ccc(CNC(=O)c2cc(-c3ccccc3)nc3ccccc23)cc1. The first-order valence-electron chi connectivity index (χ1n) is 9.56. The number of esters is 1. The Hall–Kier alpha value is -3.99. The van der Waals surface area contributed by atoms with Crippen molar-refractivity contribution < 1.29 is 14.3 Å². The van der Waals surface area contributed by atoms with Crippen LogP contribution in [0, 0.1) is 0 Å². The lowest BCUT2D eigenvalue weighted by Gasteiger charge is -2.11. The Morgan fingerprint density at radius 3 is 2.33 bits per heavy atom. The Morgan fingerprint density at radius 1 is 0.900 bits per heavy atom. The van der Waals surface area contributed by atoms with Crippen LogP contribution in [0.25, 0.3) is 22.2 Å². The predicted octanol–water partition coefficient (Wildman–Crippen LogP) is 4.62. The number of nitrogens with zero attached hydrogens (tertiary/aromatic N) is 1. The van der Waals surface area contributed by atoms with Crippen molar-refractivity contribution in [3.63, 3.8) is 0 Å². The summed E-state index contributed by atoms with van der Waals surface area (Å²) in [6.45, 7) is 0.345. The maximum absolute atomic E-state index is 13.0. The van der Waals surface area contributed by atoms with E-state index in [0.717, 1.165) is 27.7 Å². The number of nitrogens with one attached hydrogen (secondary N) is 1. The summed E-state index contributed by atoms with van der Waals surface area (Å²) in [4.78, 5) is 29.3. The summed E-state index contributed by atoms with van der Waals surface area (Å²) >= 11 is 0.